The number of carbonyl (C=O) groups is 1. The maximum atomic E-state index is 13.3. The summed E-state index contributed by atoms with van der Waals surface area (Å²) in [6, 6.07) is 13.7. The van der Waals surface area contributed by atoms with E-state index in [9.17, 15) is 4.79 Å². The Morgan fingerprint density at radius 3 is 2.78 bits per heavy atom. The monoisotopic (exact) mass is 431 g/mol. The summed E-state index contributed by atoms with van der Waals surface area (Å²) in [5, 5.41) is 0. The number of benzene rings is 2. The lowest BCUT2D eigenvalue weighted by atomic mass is 10.0. The van der Waals surface area contributed by atoms with Gasteiger partial charge in [-0.1, -0.05) is 28.1 Å². The fourth-order valence-electron chi connectivity index (χ4n) is 3.77. The third-order valence-electron chi connectivity index (χ3n) is 5.11. The molecule has 1 unspecified atom stereocenters. The fourth-order valence-corrected chi connectivity index (χ4v) is 4.20. The van der Waals surface area contributed by atoms with Crippen LogP contribution in [0.1, 0.15) is 46.7 Å². The highest BCUT2D eigenvalue weighted by molar-refractivity contribution is 9.10. The van der Waals surface area contributed by atoms with E-state index in [1.165, 1.54) is 0 Å². The summed E-state index contributed by atoms with van der Waals surface area (Å²) in [5.74, 6) is 0.848. The molecule has 1 amide bonds. The Hall–Kier alpha value is -1.89. The number of nitrogens with zero attached hydrogens (tertiary/aromatic N) is 1. The normalized spacial score (nSPS) is 20.2. The summed E-state index contributed by atoms with van der Waals surface area (Å²) in [7, 11) is 1.66. The van der Waals surface area contributed by atoms with Crippen molar-refractivity contribution in [1.82, 2.24) is 4.90 Å². The largest absolute Gasteiger partial charge is 0.497 e. The maximum Gasteiger partial charge on any atom is 0.254 e. The summed E-state index contributed by atoms with van der Waals surface area (Å²) < 4.78 is 17.4. The van der Waals surface area contributed by atoms with E-state index in [0.717, 1.165) is 40.7 Å². The van der Waals surface area contributed by atoms with Gasteiger partial charge in [0.25, 0.3) is 5.91 Å². The zero-order valence-corrected chi connectivity index (χ0v) is 16.8. The molecule has 0 radical (unpaired) electrons. The Morgan fingerprint density at radius 1 is 1.19 bits per heavy atom. The van der Waals surface area contributed by atoms with Crippen LogP contribution in [-0.2, 0) is 9.47 Å². The smallest absolute Gasteiger partial charge is 0.254 e. The van der Waals surface area contributed by atoms with Crippen molar-refractivity contribution in [3.05, 3.63) is 63.6 Å². The molecule has 0 aromatic heterocycles. The molecule has 2 aromatic rings. The number of likely N-dealkylation sites (tertiary alicyclic amines) is 1. The van der Waals surface area contributed by atoms with Gasteiger partial charge in [-0.15, -0.1) is 0 Å². The highest BCUT2D eigenvalue weighted by Gasteiger charge is 2.31. The standard InChI is InChI=1S/C21H22BrNO4/c1-25-16-5-2-4-14(12-16)19-6-3-9-23(19)20(24)15-7-8-18(22)17(13-15)21-26-10-11-27-21/h2,4-5,7-8,12-13,19,21H,3,6,9-11H2,1H3. The van der Waals surface area contributed by atoms with Gasteiger partial charge >= 0.3 is 0 Å². The van der Waals surface area contributed by atoms with Gasteiger partial charge in [0.1, 0.15) is 5.75 Å². The molecule has 4 rings (SSSR count). The van der Waals surface area contributed by atoms with Crippen molar-refractivity contribution in [2.45, 2.75) is 25.2 Å². The topological polar surface area (TPSA) is 48.0 Å². The first-order chi connectivity index (χ1) is 13.2. The number of methoxy groups -OCH3 is 1. The zero-order chi connectivity index (χ0) is 18.8. The highest BCUT2D eigenvalue weighted by atomic mass is 79.9. The van der Waals surface area contributed by atoms with E-state index in [4.69, 9.17) is 14.2 Å². The summed E-state index contributed by atoms with van der Waals surface area (Å²) in [5.41, 5.74) is 2.62. The van der Waals surface area contributed by atoms with Crippen LogP contribution < -0.4 is 4.74 Å². The fraction of sp³-hybridized carbons (Fsp3) is 0.381. The number of halogens is 1. The molecule has 5 nitrogen and oxygen atoms in total. The van der Waals surface area contributed by atoms with Crippen LogP contribution in [0.2, 0.25) is 0 Å². The van der Waals surface area contributed by atoms with E-state index in [1.807, 2.05) is 41.3 Å². The number of hydrogen-bond acceptors (Lipinski definition) is 4. The first-order valence-corrected chi connectivity index (χ1v) is 9.94. The van der Waals surface area contributed by atoms with Crippen LogP contribution in [0.25, 0.3) is 0 Å². The number of carbonyl (C=O) groups excluding carboxylic acids is 1. The molecule has 2 aliphatic rings. The Bertz CT molecular complexity index is 835. The average molecular weight is 432 g/mol. The molecule has 0 aliphatic carbocycles. The van der Waals surface area contributed by atoms with Crippen LogP contribution in [0.15, 0.2) is 46.9 Å². The van der Waals surface area contributed by atoms with E-state index in [1.54, 1.807) is 7.11 Å². The van der Waals surface area contributed by atoms with Crippen molar-refractivity contribution in [3.63, 3.8) is 0 Å². The Kier molecular flexibility index (Phi) is 5.48. The Morgan fingerprint density at radius 2 is 2.00 bits per heavy atom. The van der Waals surface area contributed by atoms with Gasteiger partial charge in [0.2, 0.25) is 0 Å². The number of rotatable bonds is 4. The van der Waals surface area contributed by atoms with Gasteiger partial charge in [-0.2, -0.15) is 0 Å². The SMILES string of the molecule is COc1cccc(C2CCCN2C(=O)c2ccc(Br)c(C3OCCO3)c2)c1. The molecule has 0 spiro atoms. The molecule has 1 atom stereocenters. The van der Waals surface area contributed by atoms with Crippen LogP contribution in [0, 0.1) is 0 Å². The minimum Gasteiger partial charge on any atom is -0.497 e. The lowest BCUT2D eigenvalue weighted by Gasteiger charge is -2.26. The summed E-state index contributed by atoms with van der Waals surface area (Å²) in [6.45, 7) is 1.89. The minimum atomic E-state index is -0.417. The lowest BCUT2D eigenvalue weighted by molar-refractivity contribution is -0.0446. The third kappa shape index (κ3) is 3.74. The molecule has 2 fully saturated rings. The highest BCUT2D eigenvalue weighted by Crippen LogP contribution is 2.36. The van der Waals surface area contributed by atoms with Crippen molar-refractivity contribution in [2.75, 3.05) is 26.9 Å². The van der Waals surface area contributed by atoms with Crippen LogP contribution >= 0.6 is 15.9 Å². The third-order valence-corrected chi connectivity index (χ3v) is 5.83. The van der Waals surface area contributed by atoms with Gasteiger partial charge in [-0.3, -0.25) is 4.79 Å². The molecule has 2 aromatic carbocycles. The molecule has 27 heavy (non-hydrogen) atoms. The van der Waals surface area contributed by atoms with E-state index in [-0.39, 0.29) is 11.9 Å². The van der Waals surface area contributed by atoms with E-state index in [0.29, 0.717) is 18.8 Å². The van der Waals surface area contributed by atoms with Crippen molar-refractivity contribution in [2.24, 2.45) is 0 Å². The molecule has 0 N–H and O–H groups in total. The van der Waals surface area contributed by atoms with Gasteiger partial charge in [0, 0.05) is 22.1 Å². The number of ether oxygens (including phenoxy) is 3. The number of amides is 1. The lowest BCUT2D eigenvalue weighted by Crippen LogP contribution is -2.30. The van der Waals surface area contributed by atoms with E-state index >= 15 is 0 Å². The van der Waals surface area contributed by atoms with Gasteiger partial charge < -0.3 is 19.1 Å². The second-order valence-corrected chi connectivity index (χ2v) is 7.60. The molecular weight excluding hydrogens is 410 g/mol. The second-order valence-electron chi connectivity index (χ2n) is 6.74. The average Bonchev–Trinajstić information content (AvgIpc) is 3.40. The van der Waals surface area contributed by atoms with Crippen molar-refractivity contribution < 1.29 is 19.0 Å². The maximum absolute atomic E-state index is 13.3. The first-order valence-electron chi connectivity index (χ1n) is 9.15. The molecule has 0 saturated carbocycles. The van der Waals surface area contributed by atoms with Crippen molar-refractivity contribution in [3.8, 4) is 5.75 Å². The van der Waals surface area contributed by atoms with Crippen molar-refractivity contribution >= 4 is 21.8 Å². The van der Waals surface area contributed by atoms with Gasteiger partial charge in [-0.25, -0.2) is 0 Å². The minimum absolute atomic E-state index is 0.0343. The quantitative estimate of drug-likeness (QED) is 0.715. The Balaban J connectivity index is 1.60. The summed E-state index contributed by atoms with van der Waals surface area (Å²) in [4.78, 5) is 15.2. The predicted molar refractivity (Wildman–Crippen MR) is 105 cm³/mol. The molecule has 142 valence electrons. The van der Waals surface area contributed by atoms with Crippen LogP contribution in [0.5, 0.6) is 5.75 Å². The second kappa shape index (κ2) is 8.00. The molecule has 2 aliphatic heterocycles. The van der Waals surface area contributed by atoms with Gasteiger partial charge in [0.05, 0.1) is 26.4 Å². The van der Waals surface area contributed by atoms with E-state index < -0.39 is 6.29 Å². The first kappa shape index (κ1) is 18.5. The molecule has 6 heteroatoms. The van der Waals surface area contributed by atoms with Crippen LogP contribution in [0.4, 0.5) is 0 Å². The molecule has 2 saturated heterocycles. The summed E-state index contributed by atoms with van der Waals surface area (Å²) >= 11 is 3.54. The molecule has 0 bridgehead atoms. The molecular formula is C21H22BrNO4. The Labute approximate surface area is 167 Å². The number of hydrogen-bond donors (Lipinski definition) is 0. The summed E-state index contributed by atoms with van der Waals surface area (Å²) in [6.07, 6.45) is 1.53. The van der Waals surface area contributed by atoms with Crippen LogP contribution in [0.3, 0.4) is 0 Å². The van der Waals surface area contributed by atoms with E-state index in [2.05, 4.69) is 22.0 Å². The van der Waals surface area contributed by atoms with Gasteiger partial charge in [0.15, 0.2) is 6.29 Å². The van der Waals surface area contributed by atoms with Crippen molar-refractivity contribution in [1.29, 1.82) is 0 Å². The predicted octanol–water partition coefficient (Wildman–Crippen LogP) is 4.48. The molecule has 2 heterocycles. The zero-order valence-electron chi connectivity index (χ0n) is 15.2. The van der Waals surface area contributed by atoms with Gasteiger partial charge in [-0.05, 0) is 48.7 Å². The van der Waals surface area contributed by atoms with Crippen LogP contribution in [-0.4, -0.2) is 37.7 Å².